The van der Waals surface area contributed by atoms with Crippen LogP contribution in [-0.2, 0) is 11.3 Å². The third kappa shape index (κ3) is 3.20. The third-order valence-electron chi connectivity index (χ3n) is 3.46. The van der Waals surface area contributed by atoms with Gasteiger partial charge in [0.15, 0.2) is 0 Å². The quantitative estimate of drug-likeness (QED) is 0.830. The van der Waals surface area contributed by atoms with E-state index in [0.717, 1.165) is 32.5 Å². The maximum absolute atomic E-state index is 5.58. The van der Waals surface area contributed by atoms with E-state index in [-0.39, 0.29) is 0 Å². The molecule has 96 valence electrons. The molecule has 1 saturated heterocycles. The zero-order valence-corrected chi connectivity index (χ0v) is 10.7. The smallest absolute Gasteiger partial charge is 0.145 e. The molecule has 0 spiro atoms. The van der Waals surface area contributed by atoms with E-state index in [0.29, 0.717) is 18.0 Å². The summed E-state index contributed by atoms with van der Waals surface area (Å²) in [6.07, 6.45) is 4.52. The molecular weight excluding hydrogens is 216 g/mol. The summed E-state index contributed by atoms with van der Waals surface area (Å²) in [6, 6.07) is 2.40. The lowest BCUT2D eigenvalue weighted by Crippen LogP contribution is -2.37. The molecule has 1 aromatic rings. The minimum Gasteiger partial charge on any atom is -0.382 e. The molecule has 0 radical (unpaired) electrons. The van der Waals surface area contributed by atoms with Crippen molar-refractivity contribution in [1.82, 2.24) is 14.7 Å². The highest BCUT2D eigenvalue weighted by Gasteiger charge is 2.27. The largest absolute Gasteiger partial charge is 0.382 e. The van der Waals surface area contributed by atoms with Gasteiger partial charge in [-0.1, -0.05) is 0 Å². The summed E-state index contributed by atoms with van der Waals surface area (Å²) in [4.78, 5) is 2.39. The number of anilines is 1. The summed E-state index contributed by atoms with van der Waals surface area (Å²) in [5.41, 5.74) is 5.57. The molecular formula is C12H22N4O. The highest BCUT2D eigenvalue weighted by Crippen LogP contribution is 2.18. The summed E-state index contributed by atoms with van der Waals surface area (Å²) < 4.78 is 7.48. The van der Waals surface area contributed by atoms with Crippen molar-refractivity contribution in [2.75, 3.05) is 25.9 Å². The number of rotatable bonds is 5. The summed E-state index contributed by atoms with van der Waals surface area (Å²) in [5, 5.41) is 4.17. The van der Waals surface area contributed by atoms with Crippen LogP contribution in [0.4, 0.5) is 5.82 Å². The Labute approximate surface area is 103 Å². The van der Waals surface area contributed by atoms with E-state index >= 15 is 0 Å². The summed E-state index contributed by atoms with van der Waals surface area (Å²) in [6.45, 7) is 5.04. The van der Waals surface area contributed by atoms with Gasteiger partial charge in [0.05, 0.1) is 6.10 Å². The van der Waals surface area contributed by atoms with Gasteiger partial charge in [-0.3, -0.25) is 4.68 Å². The van der Waals surface area contributed by atoms with Crippen LogP contribution in [0.5, 0.6) is 0 Å². The number of aromatic nitrogens is 2. The standard InChI is InChI=1S/C12H22N4O/c1-10-11(5-9-17-10)15(2)6-3-7-16-8-4-12(13)14-16/h4,8,10-11H,3,5-7,9H2,1-2H3,(H2,13,14). The van der Waals surface area contributed by atoms with Gasteiger partial charge >= 0.3 is 0 Å². The number of nitrogen functional groups attached to an aromatic ring is 1. The zero-order chi connectivity index (χ0) is 12.3. The van der Waals surface area contributed by atoms with Gasteiger partial charge in [-0.2, -0.15) is 5.10 Å². The molecule has 0 saturated carbocycles. The first-order valence-corrected chi connectivity index (χ1v) is 6.27. The number of hydrogen-bond acceptors (Lipinski definition) is 4. The fourth-order valence-corrected chi connectivity index (χ4v) is 2.45. The molecule has 17 heavy (non-hydrogen) atoms. The van der Waals surface area contributed by atoms with Crippen molar-refractivity contribution in [2.45, 2.75) is 38.5 Å². The van der Waals surface area contributed by atoms with Crippen molar-refractivity contribution < 1.29 is 4.74 Å². The molecule has 2 unspecified atom stereocenters. The van der Waals surface area contributed by atoms with E-state index in [1.807, 2.05) is 16.9 Å². The van der Waals surface area contributed by atoms with Crippen LogP contribution >= 0.6 is 0 Å². The van der Waals surface area contributed by atoms with E-state index in [1.165, 1.54) is 0 Å². The van der Waals surface area contributed by atoms with Crippen molar-refractivity contribution in [3.63, 3.8) is 0 Å². The molecule has 5 nitrogen and oxygen atoms in total. The first-order valence-electron chi connectivity index (χ1n) is 6.27. The number of likely N-dealkylation sites (N-methyl/N-ethyl adjacent to an activating group) is 1. The maximum atomic E-state index is 5.58. The van der Waals surface area contributed by atoms with E-state index < -0.39 is 0 Å². The van der Waals surface area contributed by atoms with Gasteiger partial charge in [0.25, 0.3) is 0 Å². The van der Waals surface area contributed by atoms with Crippen LogP contribution in [0.1, 0.15) is 19.8 Å². The Kier molecular flexibility index (Phi) is 4.02. The Balaban J connectivity index is 1.71. The minimum absolute atomic E-state index is 0.361. The highest BCUT2D eigenvalue weighted by molar-refractivity contribution is 5.23. The highest BCUT2D eigenvalue weighted by atomic mass is 16.5. The second-order valence-corrected chi connectivity index (χ2v) is 4.77. The first kappa shape index (κ1) is 12.4. The van der Waals surface area contributed by atoms with E-state index in [1.54, 1.807) is 0 Å². The van der Waals surface area contributed by atoms with Crippen molar-refractivity contribution in [1.29, 1.82) is 0 Å². The monoisotopic (exact) mass is 238 g/mol. The van der Waals surface area contributed by atoms with Gasteiger partial charge in [0.1, 0.15) is 5.82 Å². The second-order valence-electron chi connectivity index (χ2n) is 4.77. The average molecular weight is 238 g/mol. The Morgan fingerprint density at radius 3 is 3.06 bits per heavy atom. The number of aryl methyl sites for hydroxylation is 1. The lowest BCUT2D eigenvalue weighted by molar-refractivity contribution is 0.0829. The zero-order valence-electron chi connectivity index (χ0n) is 10.7. The minimum atomic E-state index is 0.361. The second kappa shape index (κ2) is 5.51. The van der Waals surface area contributed by atoms with Gasteiger partial charge in [0.2, 0.25) is 0 Å². The molecule has 0 aromatic carbocycles. The van der Waals surface area contributed by atoms with Crippen LogP contribution in [0, 0.1) is 0 Å². The van der Waals surface area contributed by atoms with Crippen LogP contribution in [0.15, 0.2) is 12.3 Å². The van der Waals surface area contributed by atoms with Crippen LogP contribution in [-0.4, -0.2) is 47.0 Å². The number of nitrogens with zero attached hydrogens (tertiary/aromatic N) is 3. The molecule has 1 aliphatic heterocycles. The van der Waals surface area contributed by atoms with Crippen LogP contribution in [0.3, 0.4) is 0 Å². The number of hydrogen-bond donors (Lipinski definition) is 1. The molecule has 5 heteroatoms. The molecule has 2 rings (SSSR count). The molecule has 0 bridgehead atoms. The summed E-state index contributed by atoms with van der Waals surface area (Å²) >= 11 is 0. The van der Waals surface area contributed by atoms with Gasteiger partial charge in [0, 0.05) is 25.4 Å². The van der Waals surface area contributed by atoms with E-state index in [2.05, 4.69) is 24.0 Å². The summed E-state index contributed by atoms with van der Waals surface area (Å²) in [7, 11) is 2.17. The van der Waals surface area contributed by atoms with Crippen molar-refractivity contribution in [2.24, 2.45) is 0 Å². The first-order chi connectivity index (χ1) is 8.16. The average Bonchev–Trinajstić information content (AvgIpc) is 2.87. The van der Waals surface area contributed by atoms with Gasteiger partial charge in [-0.15, -0.1) is 0 Å². The molecule has 2 N–H and O–H groups in total. The Morgan fingerprint density at radius 1 is 1.65 bits per heavy atom. The number of nitrogens with two attached hydrogens (primary N) is 1. The normalized spacial score (nSPS) is 24.6. The predicted octanol–water partition coefficient (Wildman–Crippen LogP) is 0.965. The predicted molar refractivity (Wildman–Crippen MR) is 67.7 cm³/mol. The Hall–Kier alpha value is -1.07. The molecule has 1 fully saturated rings. The van der Waals surface area contributed by atoms with E-state index in [4.69, 9.17) is 10.5 Å². The molecule has 1 aliphatic rings. The van der Waals surface area contributed by atoms with E-state index in [9.17, 15) is 0 Å². The number of ether oxygens (including phenoxy) is 1. The van der Waals surface area contributed by atoms with Crippen LogP contribution < -0.4 is 5.73 Å². The SMILES string of the molecule is CC1OCCC1N(C)CCCn1ccc(N)n1. The molecule has 2 heterocycles. The lowest BCUT2D eigenvalue weighted by atomic mass is 10.1. The Morgan fingerprint density at radius 2 is 2.47 bits per heavy atom. The Bertz CT molecular complexity index is 352. The molecule has 2 atom stereocenters. The van der Waals surface area contributed by atoms with Gasteiger partial charge in [-0.25, -0.2) is 0 Å². The van der Waals surface area contributed by atoms with Crippen LogP contribution in [0.25, 0.3) is 0 Å². The third-order valence-corrected chi connectivity index (χ3v) is 3.46. The van der Waals surface area contributed by atoms with Crippen LogP contribution in [0.2, 0.25) is 0 Å². The van der Waals surface area contributed by atoms with Crippen molar-refractivity contribution in [3.8, 4) is 0 Å². The van der Waals surface area contributed by atoms with Crippen molar-refractivity contribution >= 4 is 5.82 Å². The summed E-state index contributed by atoms with van der Waals surface area (Å²) in [5.74, 6) is 0.594. The van der Waals surface area contributed by atoms with Gasteiger partial charge in [-0.05, 0) is 39.4 Å². The molecule has 1 aromatic heterocycles. The molecule has 0 amide bonds. The maximum Gasteiger partial charge on any atom is 0.145 e. The van der Waals surface area contributed by atoms with Crippen molar-refractivity contribution in [3.05, 3.63) is 12.3 Å². The fraction of sp³-hybridized carbons (Fsp3) is 0.750. The lowest BCUT2D eigenvalue weighted by Gasteiger charge is -2.26. The van der Waals surface area contributed by atoms with Gasteiger partial charge < -0.3 is 15.4 Å². The fourth-order valence-electron chi connectivity index (χ4n) is 2.45. The molecule has 0 aliphatic carbocycles. The topological polar surface area (TPSA) is 56.3 Å².